The van der Waals surface area contributed by atoms with E-state index in [0.717, 1.165) is 12.1 Å². The van der Waals surface area contributed by atoms with Gasteiger partial charge in [0.25, 0.3) is 0 Å². The van der Waals surface area contributed by atoms with Gasteiger partial charge in [-0.2, -0.15) is 0 Å². The van der Waals surface area contributed by atoms with Crippen LogP contribution >= 0.6 is 0 Å². The zero-order chi connectivity index (χ0) is 13.8. The Morgan fingerprint density at radius 2 is 1.89 bits per heavy atom. The summed E-state index contributed by atoms with van der Waals surface area (Å²) in [5.74, 6) is -0.981. The Kier molecular flexibility index (Phi) is 3.71. The molecule has 0 spiro atoms. The van der Waals surface area contributed by atoms with E-state index in [2.05, 4.69) is 12.2 Å². The van der Waals surface area contributed by atoms with E-state index in [1.54, 1.807) is 6.07 Å². The molecule has 2 aromatic carbocycles. The molecule has 0 heterocycles. The fraction of sp³-hybridized carbons (Fsp3) is 0.133. The second kappa shape index (κ2) is 5.44. The first-order valence-corrected chi connectivity index (χ1v) is 6.09. The smallest absolute Gasteiger partial charge is 0.335 e. The average Bonchev–Trinajstić information content (AvgIpc) is 2.41. The maximum absolute atomic E-state index is 10.8. The number of benzene rings is 2. The fourth-order valence-corrected chi connectivity index (χ4v) is 1.79. The molecule has 2 aromatic rings. The van der Waals surface area contributed by atoms with Gasteiger partial charge < -0.3 is 16.2 Å². The molecule has 0 aliphatic rings. The van der Waals surface area contributed by atoms with Gasteiger partial charge in [0.2, 0.25) is 0 Å². The molecule has 4 heteroatoms. The molecule has 0 amide bonds. The molecule has 4 N–H and O–H groups in total. The van der Waals surface area contributed by atoms with Crippen LogP contribution in [0.25, 0.3) is 0 Å². The average molecular weight is 256 g/mol. The molecule has 2 rings (SSSR count). The maximum atomic E-state index is 10.8. The number of rotatable bonds is 4. The van der Waals surface area contributed by atoms with E-state index in [-0.39, 0.29) is 5.56 Å². The van der Waals surface area contributed by atoms with Gasteiger partial charge >= 0.3 is 5.97 Å². The number of hydrogen-bond acceptors (Lipinski definition) is 3. The minimum absolute atomic E-state index is 0.185. The van der Waals surface area contributed by atoms with Crippen molar-refractivity contribution < 1.29 is 9.90 Å². The van der Waals surface area contributed by atoms with Gasteiger partial charge in [-0.05, 0) is 42.3 Å². The number of aromatic carboxylic acids is 1. The van der Waals surface area contributed by atoms with Gasteiger partial charge in [0.05, 0.1) is 16.9 Å². The third-order valence-electron chi connectivity index (χ3n) is 2.94. The summed E-state index contributed by atoms with van der Waals surface area (Å²) in [6.45, 7) is 2.10. The predicted octanol–water partition coefficient (Wildman–Crippen LogP) is 3.27. The van der Waals surface area contributed by atoms with Crippen LogP contribution in [0.2, 0.25) is 0 Å². The quantitative estimate of drug-likeness (QED) is 0.734. The molecule has 0 radical (unpaired) electrons. The van der Waals surface area contributed by atoms with Gasteiger partial charge in [0.15, 0.2) is 0 Å². The van der Waals surface area contributed by atoms with Crippen LogP contribution in [0.3, 0.4) is 0 Å². The third kappa shape index (κ3) is 3.04. The predicted molar refractivity (Wildman–Crippen MR) is 76.9 cm³/mol. The first-order chi connectivity index (χ1) is 9.10. The number of carboxylic acids is 1. The number of nitrogen functional groups attached to an aromatic ring is 1. The van der Waals surface area contributed by atoms with Crippen LogP contribution in [0.5, 0.6) is 0 Å². The fourth-order valence-electron chi connectivity index (χ4n) is 1.79. The van der Waals surface area contributed by atoms with Crippen LogP contribution in [0, 0.1) is 0 Å². The number of nitrogens with two attached hydrogens (primary N) is 1. The van der Waals surface area contributed by atoms with Gasteiger partial charge in [0.1, 0.15) is 0 Å². The van der Waals surface area contributed by atoms with Crippen LogP contribution in [-0.4, -0.2) is 11.1 Å². The number of nitrogens with one attached hydrogen (secondary N) is 1. The lowest BCUT2D eigenvalue weighted by Gasteiger charge is -2.10. The summed E-state index contributed by atoms with van der Waals surface area (Å²) in [4.78, 5) is 10.8. The molecule has 0 saturated carbocycles. The molecule has 0 unspecified atom stereocenters. The van der Waals surface area contributed by atoms with Crippen LogP contribution < -0.4 is 11.1 Å². The van der Waals surface area contributed by atoms with Crippen molar-refractivity contribution >= 4 is 23.0 Å². The van der Waals surface area contributed by atoms with E-state index in [4.69, 9.17) is 10.8 Å². The molecule has 0 aliphatic heterocycles. The summed E-state index contributed by atoms with van der Waals surface area (Å²) in [5, 5.41) is 12.0. The van der Waals surface area contributed by atoms with Crippen molar-refractivity contribution in [2.75, 3.05) is 11.1 Å². The lowest BCUT2D eigenvalue weighted by molar-refractivity contribution is 0.0697. The summed E-state index contributed by atoms with van der Waals surface area (Å²) in [6.07, 6.45) is 0.996. The monoisotopic (exact) mass is 256 g/mol. The zero-order valence-electron chi connectivity index (χ0n) is 10.7. The second-order valence-corrected chi connectivity index (χ2v) is 4.28. The zero-order valence-corrected chi connectivity index (χ0v) is 10.7. The van der Waals surface area contributed by atoms with Crippen molar-refractivity contribution in [3.05, 3.63) is 53.6 Å². The summed E-state index contributed by atoms with van der Waals surface area (Å²) in [6, 6.07) is 12.7. The largest absolute Gasteiger partial charge is 0.478 e. The lowest BCUT2D eigenvalue weighted by Crippen LogP contribution is -2.01. The molecule has 0 fully saturated rings. The Balaban J connectivity index is 2.20. The molecule has 4 nitrogen and oxygen atoms in total. The topological polar surface area (TPSA) is 75.3 Å². The Hall–Kier alpha value is -2.49. The van der Waals surface area contributed by atoms with Gasteiger partial charge in [-0.25, -0.2) is 4.79 Å². The molecule has 0 saturated heterocycles. The van der Waals surface area contributed by atoms with E-state index in [1.807, 2.05) is 24.3 Å². The van der Waals surface area contributed by atoms with E-state index in [0.29, 0.717) is 11.4 Å². The standard InChI is InChI=1S/C15H16N2O2/c1-2-10-3-6-12(7-4-10)17-14-8-5-11(15(18)19)9-13(14)16/h3-9,17H,2,16H2,1H3,(H,18,19). The minimum atomic E-state index is -0.981. The molecule has 0 atom stereocenters. The van der Waals surface area contributed by atoms with Crippen LogP contribution in [0.15, 0.2) is 42.5 Å². The van der Waals surface area contributed by atoms with Crippen LogP contribution in [-0.2, 0) is 6.42 Å². The van der Waals surface area contributed by atoms with Gasteiger partial charge in [-0.15, -0.1) is 0 Å². The molecular formula is C15H16N2O2. The van der Waals surface area contributed by atoms with Crippen molar-refractivity contribution in [3.8, 4) is 0 Å². The van der Waals surface area contributed by atoms with E-state index in [9.17, 15) is 4.79 Å². The van der Waals surface area contributed by atoms with Gasteiger partial charge in [0, 0.05) is 5.69 Å². The van der Waals surface area contributed by atoms with E-state index in [1.165, 1.54) is 17.7 Å². The van der Waals surface area contributed by atoms with Crippen molar-refractivity contribution in [3.63, 3.8) is 0 Å². The van der Waals surface area contributed by atoms with Crippen molar-refractivity contribution in [2.24, 2.45) is 0 Å². The highest BCUT2D eigenvalue weighted by Crippen LogP contribution is 2.24. The van der Waals surface area contributed by atoms with Crippen LogP contribution in [0.1, 0.15) is 22.8 Å². The molecule has 0 bridgehead atoms. The number of carbonyl (C=O) groups is 1. The molecule has 19 heavy (non-hydrogen) atoms. The Bertz CT molecular complexity index is 592. The highest BCUT2D eigenvalue weighted by Gasteiger charge is 2.06. The first-order valence-electron chi connectivity index (χ1n) is 6.09. The summed E-state index contributed by atoms with van der Waals surface area (Å²) < 4.78 is 0. The molecular weight excluding hydrogens is 240 g/mol. The summed E-state index contributed by atoms with van der Waals surface area (Å²) >= 11 is 0. The number of anilines is 3. The highest BCUT2D eigenvalue weighted by atomic mass is 16.4. The Labute approximate surface area is 111 Å². The molecule has 0 aromatic heterocycles. The molecule has 98 valence electrons. The number of carboxylic acid groups (broad SMARTS) is 1. The SMILES string of the molecule is CCc1ccc(Nc2ccc(C(=O)O)cc2N)cc1. The minimum Gasteiger partial charge on any atom is -0.478 e. The Morgan fingerprint density at radius 3 is 2.42 bits per heavy atom. The lowest BCUT2D eigenvalue weighted by atomic mass is 10.1. The maximum Gasteiger partial charge on any atom is 0.335 e. The summed E-state index contributed by atoms with van der Waals surface area (Å²) in [7, 11) is 0. The van der Waals surface area contributed by atoms with Crippen molar-refractivity contribution in [1.29, 1.82) is 0 Å². The first kappa shape index (κ1) is 13.0. The van der Waals surface area contributed by atoms with Crippen molar-refractivity contribution in [2.45, 2.75) is 13.3 Å². The van der Waals surface area contributed by atoms with Gasteiger partial charge in [-0.3, -0.25) is 0 Å². The van der Waals surface area contributed by atoms with Crippen LogP contribution in [0.4, 0.5) is 17.1 Å². The Morgan fingerprint density at radius 1 is 1.21 bits per heavy atom. The van der Waals surface area contributed by atoms with Crippen molar-refractivity contribution in [1.82, 2.24) is 0 Å². The summed E-state index contributed by atoms with van der Waals surface area (Å²) in [5.41, 5.74) is 9.33. The van der Waals surface area contributed by atoms with E-state index < -0.39 is 5.97 Å². The number of aryl methyl sites for hydroxylation is 1. The second-order valence-electron chi connectivity index (χ2n) is 4.28. The third-order valence-corrected chi connectivity index (χ3v) is 2.94. The highest BCUT2D eigenvalue weighted by molar-refractivity contribution is 5.90. The normalized spacial score (nSPS) is 10.2. The molecule has 0 aliphatic carbocycles. The van der Waals surface area contributed by atoms with Gasteiger partial charge in [-0.1, -0.05) is 19.1 Å². The van der Waals surface area contributed by atoms with E-state index >= 15 is 0 Å². The number of hydrogen-bond donors (Lipinski definition) is 3.